The fourth-order valence-corrected chi connectivity index (χ4v) is 5.14. The van der Waals surface area contributed by atoms with Gasteiger partial charge >= 0.3 is 0 Å². The number of para-hydroxylation sites is 1. The van der Waals surface area contributed by atoms with E-state index in [1.165, 1.54) is 5.56 Å². The average molecular weight is 424 g/mol. The van der Waals surface area contributed by atoms with E-state index in [4.69, 9.17) is 5.10 Å². The molecule has 1 aliphatic rings. The molecule has 4 rings (SSSR count). The van der Waals surface area contributed by atoms with Gasteiger partial charge in [0.2, 0.25) is 0 Å². The van der Waals surface area contributed by atoms with Crippen LogP contribution in [0.3, 0.4) is 0 Å². The third kappa shape index (κ3) is 4.31. The summed E-state index contributed by atoms with van der Waals surface area (Å²) >= 11 is 0. The lowest BCUT2D eigenvalue weighted by atomic mass is 10.0. The zero-order chi connectivity index (χ0) is 21.3. The number of aryl methyl sites for hydroxylation is 2. The summed E-state index contributed by atoms with van der Waals surface area (Å²) in [5.74, 6) is 0.00549. The Balaban J connectivity index is 1.69. The highest BCUT2D eigenvalue weighted by atomic mass is 32.2. The minimum Gasteiger partial charge on any atom is -0.349 e. The van der Waals surface area contributed by atoms with E-state index in [0.29, 0.717) is 24.1 Å². The highest BCUT2D eigenvalue weighted by Crippen LogP contribution is 2.26. The van der Waals surface area contributed by atoms with Crippen LogP contribution >= 0.6 is 0 Å². The molecule has 7 heteroatoms. The molecule has 2 aromatic carbocycles. The predicted octanol–water partition coefficient (Wildman–Crippen LogP) is 3.46. The number of carbonyl (C=O) groups is 1. The summed E-state index contributed by atoms with van der Waals surface area (Å²) in [6.07, 6.45) is 2.63. The summed E-state index contributed by atoms with van der Waals surface area (Å²) in [6.45, 7) is 4.08. The second-order valence-corrected chi connectivity index (χ2v) is 10.2. The topological polar surface area (TPSA) is 81.1 Å². The van der Waals surface area contributed by atoms with Crippen molar-refractivity contribution in [1.82, 2.24) is 15.1 Å². The number of sulfone groups is 1. The fraction of sp³-hybridized carbons (Fsp3) is 0.304. The lowest BCUT2D eigenvalue weighted by molar-refractivity contribution is 0.0935. The van der Waals surface area contributed by atoms with Crippen molar-refractivity contribution in [2.45, 2.75) is 32.7 Å². The van der Waals surface area contributed by atoms with E-state index < -0.39 is 9.84 Å². The number of hydrogen-bond acceptors (Lipinski definition) is 4. The molecule has 0 aliphatic carbocycles. The molecule has 1 amide bonds. The molecular weight excluding hydrogens is 398 g/mol. The van der Waals surface area contributed by atoms with Gasteiger partial charge in [-0.2, -0.15) is 5.10 Å². The molecule has 156 valence electrons. The molecule has 0 unspecified atom stereocenters. The number of nitrogens with one attached hydrogen (secondary N) is 1. The molecule has 6 nitrogen and oxygen atoms in total. The Hall–Kier alpha value is -2.93. The maximum absolute atomic E-state index is 13.2. The van der Waals surface area contributed by atoms with Crippen molar-refractivity contribution in [2.24, 2.45) is 0 Å². The normalized spacial score (nSPS) is 16.3. The third-order valence-corrected chi connectivity index (χ3v) is 7.37. The standard InChI is InChI=1S/C23H25N3O3S/c1-16-8-9-18(14-17(16)2)22-21(15-26(25-22)20-6-4-3-5-7-20)23(27)24-19-10-12-30(28,29)13-11-19/h3-9,14-15,19H,10-13H2,1-2H3,(H,24,27). The van der Waals surface area contributed by atoms with Crippen LogP contribution in [0.2, 0.25) is 0 Å². The van der Waals surface area contributed by atoms with Crippen molar-refractivity contribution in [1.29, 1.82) is 0 Å². The molecule has 0 bridgehead atoms. The Bertz CT molecular complexity index is 1170. The first-order valence-corrected chi connectivity index (χ1v) is 11.9. The van der Waals surface area contributed by atoms with Gasteiger partial charge in [-0.05, 0) is 56.0 Å². The van der Waals surface area contributed by atoms with Crippen molar-refractivity contribution in [3.05, 3.63) is 71.4 Å². The largest absolute Gasteiger partial charge is 0.349 e. The summed E-state index contributed by atoms with van der Waals surface area (Å²) in [6, 6.07) is 15.6. The minimum absolute atomic E-state index is 0.116. The van der Waals surface area contributed by atoms with Crippen LogP contribution in [0, 0.1) is 13.8 Å². The van der Waals surface area contributed by atoms with Gasteiger partial charge in [-0.25, -0.2) is 13.1 Å². The van der Waals surface area contributed by atoms with Gasteiger partial charge in [0.15, 0.2) is 0 Å². The maximum atomic E-state index is 13.2. The molecule has 1 aliphatic heterocycles. The molecule has 0 radical (unpaired) electrons. The van der Waals surface area contributed by atoms with Gasteiger partial charge in [-0.1, -0.05) is 30.3 Å². The molecule has 1 aromatic heterocycles. The smallest absolute Gasteiger partial charge is 0.255 e. The first-order chi connectivity index (χ1) is 14.3. The van der Waals surface area contributed by atoms with Crippen molar-refractivity contribution in [2.75, 3.05) is 11.5 Å². The summed E-state index contributed by atoms with van der Waals surface area (Å²) in [7, 11) is -2.98. The average Bonchev–Trinajstić information content (AvgIpc) is 3.18. The van der Waals surface area contributed by atoms with E-state index in [0.717, 1.165) is 16.8 Å². The SMILES string of the molecule is Cc1ccc(-c2nn(-c3ccccc3)cc2C(=O)NC2CCS(=O)(=O)CC2)cc1C. The van der Waals surface area contributed by atoms with Gasteiger partial charge in [0.1, 0.15) is 15.5 Å². The van der Waals surface area contributed by atoms with Crippen LogP contribution < -0.4 is 5.32 Å². The van der Waals surface area contributed by atoms with Crippen LogP contribution in [0.15, 0.2) is 54.7 Å². The molecule has 30 heavy (non-hydrogen) atoms. The molecule has 1 N–H and O–H groups in total. The number of carbonyl (C=O) groups excluding carboxylic acids is 1. The van der Waals surface area contributed by atoms with Crippen LogP contribution in [-0.4, -0.2) is 41.7 Å². The quantitative estimate of drug-likeness (QED) is 0.697. The third-order valence-electron chi connectivity index (χ3n) is 5.65. The Morgan fingerprint density at radius 2 is 1.73 bits per heavy atom. The summed E-state index contributed by atoms with van der Waals surface area (Å²) in [5.41, 5.74) is 5.15. The second kappa shape index (κ2) is 8.07. The molecule has 2 heterocycles. The van der Waals surface area contributed by atoms with Crippen molar-refractivity contribution < 1.29 is 13.2 Å². The van der Waals surface area contributed by atoms with Crippen molar-refractivity contribution >= 4 is 15.7 Å². The van der Waals surface area contributed by atoms with Crippen LogP contribution in [0.1, 0.15) is 34.3 Å². The molecule has 0 atom stereocenters. The van der Waals surface area contributed by atoms with Crippen LogP contribution in [0.5, 0.6) is 0 Å². The highest BCUT2D eigenvalue weighted by Gasteiger charge is 2.27. The Morgan fingerprint density at radius 3 is 2.40 bits per heavy atom. The van der Waals surface area contributed by atoms with Crippen LogP contribution in [0.4, 0.5) is 0 Å². The van der Waals surface area contributed by atoms with E-state index >= 15 is 0 Å². The highest BCUT2D eigenvalue weighted by molar-refractivity contribution is 7.91. The summed E-state index contributed by atoms with van der Waals surface area (Å²) < 4.78 is 25.1. The van der Waals surface area contributed by atoms with E-state index in [-0.39, 0.29) is 23.5 Å². The molecule has 3 aromatic rings. The van der Waals surface area contributed by atoms with E-state index in [1.54, 1.807) is 10.9 Å². The molecular formula is C23H25N3O3S. The van der Waals surface area contributed by atoms with Crippen LogP contribution in [-0.2, 0) is 9.84 Å². The lowest BCUT2D eigenvalue weighted by Crippen LogP contribution is -2.40. The Kier molecular flexibility index (Phi) is 5.47. The molecule has 1 saturated heterocycles. The number of amides is 1. The Labute approximate surface area is 176 Å². The molecule has 0 saturated carbocycles. The van der Waals surface area contributed by atoms with Gasteiger partial charge < -0.3 is 5.32 Å². The van der Waals surface area contributed by atoms with E-state index in [2.05, 4.69) is 5.32 Å². The van der Waals surface area contributed by atoms with Gasteiger partial charge in [0, 0.05) is 17.8 Å². The molecule has 0 spiro atoms. The minimum atomic E-state index is -2.98. The van der Waals surface area contributed by atoms with Gasteiger partial charge in [0.25, 0.3) is 5.91 Å². The first-order valence-electron chi connectivity index (χ1n) is 10.1. The van der Waals surface area contributed by atoms with Gasteiger partial charge in [-0.3, -0.25) is 4.79 Å². The number of rotatable bonds is 4. The summed E-state index contributed by atoms with van der Waals surface area (Å²) in [4.78, 5) is 13.2. The number of nitrogens with zero attached hydrogens (tertiary/aromatic N) is 2. The number of benzene rings is 2. The maximum Gasteiger partial charge on any atom is 0.255 e. The lowest BCUT2D eigenvalue weighted by Gasteiger charge is -2.22. The zero-order valence-electron chi connectivity index (χ0n) is 17.1. The number of aromatic nitrogens is 2. The van der Waals surface area contributed by atoms with Crippen molar-refractivity contribution in [3.63, 3.8) is 0 Å². The van der Waals surface area contributed by atoms with Gasteiger partial charge in [0.05, 0.1) is 22.8 Å². The zero-order valence-corrected chi connectivity index (χ0v) is 17.9. The van der Waals surface area contributed by atoms with E-state index in [1.807, 2.05) is 62.4 Å². The second-order valence-electron chi connectivity index (χ2n) is 7.87. The Morgan fingerprint density at radius 1 is 1.03 bits per heavy atom. The van der Waals surface area contributed by atoms with Crippen molar-refractivity contribution in [3.8, 4) is 16.9 Å². The fourth-order valence-electron chi connectivity index (χ4n) is 3.65. The first kappa shape index (κ1) is 20.3. The summed E-state index contributed by atoms with van der Waals surface area (Å²) in [5, 5.41) is 7.74. The monoisotopic (exact) mass is 423 g/mol. The van der Waals surface area contributed by atoms with Crippen LogP contribution in [0.25, 0.3) is 16.9 Å². The number of hydrogen-bond donors (Lipinski definition) is 1. The molecule has 1 fully saturated rings. The predicted molar refractivity (Wildman–Crippen MR) is 118 cm³/mol. The van der Waals surface area contributed by atoms with Gasteiger partial charge in [-0.15, -0.1) is 0 Å². The van der Waals surface area contributed by atoms with E-state index in [9.17, 15) is 13.2 Å².